The van der Waals surface area contributed by atoms with Gasteiger partial charge in [-0.25, -0.2) is 0 Å². The van der Waals surface area contributed by atoms with Crippen molar-refractivity contribution in [1.29, 1.82) is 0 Å². The Bertz CT molecular complexity index is 1040. The molecule has 0 saturated carbocycles. The monoisotopic (exact) mass is 503 g/mol. The maximum Gasteiger partial charge on any atom is 0.303 e. The molecule has 0 unspecified atom stereocenters. The molecule has 190 valence electrons. The Morgan fingerprint density at radius 2 is 1.33 bits per heavy atom. The van der Waals surface area contributed by atoms with Crippen LogP contribution in [0.5, 0.6) is 0 Å². The molecule has 1 atom stereocenters. The fraction of sp³-hybridized carbons (Fsp3) is 0.355. The van der Waals surface area contributed by atoms with E-state index in [9.17, 15) is 9.59 Å². The van der Waals surface area contributed by atoms with Crippen molar-refractivity contribution in [2.24, 2.45) is 0 Å². The molecule has 36 heavy (non-hydrogen) atoms. The average Bonchev–Trinajstić information content (AvgIpc) is 2.89. The molecule has 0 aliphatic rings. The lowest BCUT2D eigenvalue weighted by Crippen LogP contribution is -2.37. The van der Waals surface area contributed by atoms with Crippen molar-refractivity contribution < 1.29 is 14.7 Å². The van der Waals surface area contributed by atoms with Gasteiger partial charge in [-0.05, 0) is 60.9 Å². The van der Waals surface area contributed by atoms with Gasteiger partial charge in [0.2, 0.25) is 5.91 Å². The molecule has 0 bridgehead atoms. The average molecular weight is 504 g/mol. The van der Waals surface area contributed by atoms with E-state index < -0.39 is 5.97 Å². The number of benzene rings is 3. The summed E-state index contributed by atoms with van der Waals surface area (Å²) in [7, 11) is 0. The molecular formula is C31H37NO3S. The number of hydrogen-bond acceptors (Lipinski definition) is 3. The van der Waals surface area contributed by atoms with E-state index in [0.29, 0.717) is 18.6 Å². The van der Waals surface area contributed by atoms with Crippen LogP contribution in [0.2, 0.25) is 0 Å². The summed E-state index contributed by atoms with van der Waals surface area (Å²) in [4.78, 5) is 24.7. The zero-order valence-electron chi connectivity index (χ0n) is 20.9. The molecule has 0 radical (unpaired) electrons. The molecule has 0 spiro atoms. The molecule has 4 nitrogen and oxygen atoms in total. The minimum atomic E-state index is -0.831. The summed E-state index contributed by atoms with van der Waals surface area (Å²) in [5, 5.41) is 12.2. The van der Waals surface area contributed by atoms with Gasteiger partial charge in [-0.1, -0.05) is 85.6 Å². The van der Waals surface area contributed by atoms with Crippen LogP contribution < -0.4 is 5.32 Å². The Labute approximate surface area is 219 Å². The molecule has 3 aromatic rings. The van der Waals surface area contributed by atoms with Gasteiger partial charge in [0.1, 0.15) is 0 Å². The Kier molecular flexibility index (Phi) is 12.1. The van der Waals surface area contributed by atoms with Gasteiger partial charge in [0.25, 0.3) is 0 Å². The van der Waals surface area contributed by atoms with Gasteiger partial charge in [0, 0.05) is 29.5 Å². The number of amides is 1. The van der Waals surface area contributed by atoms with Crippen molar-refractivity contribution in [2.45, 2.75) is 68.7 Å². The third kappa shape index (κ3) is 11.1. The summed E-state index contributed by atoms with van der Waals surface area (Å²) in [6, 6.07) is 29.2. The Morgan fingerprint density at radius 1 is 0.722 bits per heavy atom. The molecule has 0 aliphatic carbocycles. The van der Waals surface area contributed by atoms with E-state index in [0.717, 1.165) is 43.4 Å². The first-order valence-electron chi connectivity index (χ1n) is 12.9. The van der Waals surface area contributed by atoms with E-state index >= 15 is 0 Å². The first-order valence-corrected chi connectivity index (χ1v) is 13.9. The fourth-order valence-corrected chi connectivity index (χ4v) is 5.11. The zero-order chi connectivity index (χ0) is 25.4. The molecule has 3 aromatic carbocycles. The van der Waals surface area contributed by atoms with E-state index in [1.165, 1.54) is 16.7 Å². The number of carboxylic acid groups (broad SMARTS) is 1. The lowest BCUT2D eigenvalue weighted by atomic mass is 10.1. The van der Waals surface area contributed by atoms with Crippen LogP contribution in [0.3, 0.4) is 0 Å². The third-order valence-electron chi connectivity index (χ3n) is 6.16. The van der Waals surface area contributed by atoms with Crippen molar-refractivity contribution >= 4 is 23.6 Å². The summed E-state index contributed by atoms with van der Waals surface area (Å²) >= 11 is 1.66. The van der Waals surface area contributed by atoms with Crippen molar-refractivity contribution in [2.75, 3.05) is 5.75 Å². The first-order chi connectivity index (χ1) is 17.6. The standard InChI is InChI=1S/C31H37NO3S/c33-30(16-10-2-1-5-11-25-12-6-3-7-13-25)32-28(19-22-31(34)35)24-36-29-20-17-27(18-21-29)23-26-14-8-4-9-15-26/h3-4,6-9,12-15,17-18,20-21,28H,1-2,5,10-11,16,19,22-24H2,(H,32,33)(H,34,35)/t28-/m1/s1. The maximum atomic E-state index is 12.5. The number of aliphatic carboxylic acids is 1. The van der Waals surface area contributed by atoms with Crippen LogP contribution in [0.25, 0.3) is 0 Å². The smallest absolute Gasteiger partial charge is 0.303 e. The van der Waals surface area contributed by atoms with Gasteiger partial charge in [-0.15, -0.1) is 11.8 Å². The number of thioether (sulfide) groups is 1. The Morgan fingerprint density at radius 3 is 2.00 bits per heavy atom. The predicted molar refractivity (Wildman–Crippen MR) is 148 cm³/mol. The lowest BCUT2D eigenvalue weighted by molar-refractivity contribution is -0.137. The molecule has 1 amide bonds. The van der Waals surface area contributed by atoms with Crippen LogP contribution in [0.1, 0.15) is 61.6 Å². The fourth-order valence-electron chi connectivity index (χ4n) is 4.14. The molecule has 2 N–H and O–H groups in total. The molecule has 0 heterocycles. The molecule has 0 aliphatic heterocycles. The molecule has 0 saturated heterocycles. The second-order valence-corrected chi connectivity index (χ2v) is 10.3. The van der Waals surface area contributed by atoms with Crippen LogP contribution in [0, 0.1) is 0 Å². The summed E-state index contributed by atoms with van der Waals surface area (Å²) in [6.07, 6.45) is 7.11. The summed E-state index contributed by atoms with van der Waals surface area (Å²) in [6.45, 7) is 0. The van der Waals surface area contributed by atoms with E-state index in [4.69, 9.17) is 5.11 Å². The topological polar surface area (TPSA) is 66.4 Å². The van der Waals surface area contributed by atoms with Crippen LogP contribution in [-0.2, 0) is 22.4 Å². The number of aryl methyl sites for hydroxylation is 1. The molecule has 3 rings (SSSR count). The van der Waals surface area contributed by atoms with E-state index in [1.807, 2.05) is 12.1 Å². The predicted octanol–water partition coefficient (Wildman–Crippen LogP) is 6.91. The highest BCUT2D eigenvalue weighted by molar-refractivity contribution is 7.99. The van der Waals surface area contributed by atoms with Gasteiger partial charge in [0.15, 0.2) is 0 Å². The zero-order valence-corrected chi connectivity index (χ0v) is 21.7. The first kappa shape index (κ1) is 27.5. The quantitative estimate of drug-likeness (QED) is 0.165. The largest absolute Gasteiger partial charge is 0.481 e. The SMILES string of the molecule is O=C(O)CC[C@H](CSc1ccc(Cc2ccccc2)cc1)NC(=O)CCCCCCc1ccccc1. The van der Waals surface area contributed by atoms with E-state index in [2.05, 4.69) is 78.1 Å². The van der Waals surface area contributed by atoms with Gasteiger partial charge in [-0.2, -0.15) is 0 Å². The van der Waals surface area contributed by atoms with E-state index in [-0.39, 0.29) is 18.4 Å². The van der Waals surface area contributed by atoms with Crippen LogP contribution in [0.15, 0.2) is 89.8 Å². The van der Waals surface area contributed by atoms with Crippen LogP contribution >= 0.6 is 11.8 Å². The normalized spacial score (nSPS) is 11.7. The highest BCUT2D eigenvalue weighted by Crippen LogP contribution is 2.22. The molecular weight excluding hydrogens is 466 g/mol. The van der Waals surface area contributed by atoms with Gasteiger partial charge in [0.05, 0.1) is 0 Å². The van der Waals surface area contributed by atoms with E-state index in [1.54, 1.807) is 11.8 Å². The number of hydrogen-bond donors (Lipinski definition) is 2. The number of carbonyl (C=O) groups is 2. The highest BCUT2D eigenvalue weighted by atomic mass is 32.2. The minimum absolute atomic E-state index is 0.0206. The van der Waals surface area contributed by atoms with Gasteiger partial charge in [-0.3, -0.25) is 9.59 Å². The van der Waals surface area contributed by atoms with Crippen molar-refractivity contribution in [3.8, 4) is 0 Å². The summed E-state index contributed by atoms with van der Waals surface area (Å²) in [5.74, 6) is -0.149. The number of nitrogens with one attached hydrogen (secondary N) is 1. The summed E-state index contributed by atoms with van der Waals surface area (Å²) < 4.78 is 0. The van der Waals surface area contributed by atoms with Gasteiger partial charge < -0.3 is 10.4 Å². The number of rotatable bonds is 16. The Hall–Kier alpha value is -3.05. The maximum absolute atomic E-state index is 12.5. The lowest BCUT2D eigenvalue weighted by Gasteiger charge is -2.18. The van der Waals surface area contributed by atoms with Crippen molar-refractivity contribution in [1.82, 2.24) is 5.32 Å². The number of unbranched alkanes of at least 4 members (excludes halogenated alkanes) is 3. The van der Waals surface area contributed by atoms with Crippen molar-refractivity contribution in [3.63, 3.8) is 0 Å². The third-order valence-corrected chi connectivity index (χ3v) is 7.33. The Balaban J connectivity index is 1.38. The van der Waals surface area contributed by atoms with Crippen LogP contribution in [0.4, 0.5) is 0 Å². The summed E-state index contributed by atoms with van der Waals surface area (Å²) in [5.41, 5.74) is 3.90. The molecule has 0 fully saturated rings. The number of carbonyl (C=O) groups excluding carboxylic acids is 1. The highest BCUT2D eigenvalue weighted by Gasteiger charge is 2.15. The number of carboxylic acids is 1. The minimum Gasteiger partial charge on any atom is -0.481 e. The second-order valence-electron chi connectivity index (χ2n) is 9.21. The van der Waals surface area contributed by atoms with Crippen molar-refractivity contribution in [3.05, 3.63) is 102 Å². The molecule has 0 aromatic heterocycles. The van der Waals surface area contributed by atoms with Gasteiger partial charge >= 0.3 is 5.97 Å². The van der Waals surface area contributed by atoms with Crippen LogP contribution in [-0.4, -0.2) is 28.8 Å². The second kappa shape index (κ2) is 15.8. The molecule has 5 heteroatoms.